The number of hydrogen-bond donors (Lipinski definition) is 0. The van der Waals surface area contributed by atoms with Gasteiger partial charge in [0.1, 0.15) is 73.8 Å². The van der Waals surface area contributed by atoms with Gasteiger partial charge in [0, 0.05) is 11.1 Å². The third-order valence-electron chi connectivity index (χ3n) is 8.99. The van der Waals surface area contributed by atoms with E-state index < -0.39 is 5.41 Å². The van der Waals surface area contributed by atoms with Gasteiger partial charge in [0.15, 0.2) is 0 Å². The lowest BCUT2D eigenvalue weighted by atomic mass is 9.67. The van der Waals surface area contributed by atoms with Crippen LogP contribution in [0.4, 0.5) is 0 Å². The molecule has 4 heterocycles. The van der Waals surface area contributed by atoms with E-state index in [-0.39, 0.29) is 24.4 Å². The van der Waals surface area contributed by atoms with Crippen molar-refractivity contribution in [2.45, 2.75) is 29.8 Å². The lowest BCUT2D eigenvalue weighted by Gasteiger charge is -2.36. The van der Waals surface area contributed by atoms with E-state index in [1.54, 1.807) is 0 Å². The quantitative estimate of drug-likeness (QED) is 0.160. The summed E-state index contributed by atoms with van der Waals surface area (Å²) in [6.45, 7) is 4.80. The molecule has 4 aliphatic heterocycles. The first-order valence-electron chi connectivity index (χ1n) is 15.7. The molecule has 4 fully saturated rings. The van der Waals surface area contributed by atoms with Crippen molar-refractivity contribution in [2.24, 2.45) is 0 Å². The lowest BCUT2D eigenvalue weighted by molar-refractivity contribution is 0.251. The minimum absolute atomic E-state index is 0.0960. The summed E-state index contributed by atoms with van der Waals surface area (Å²) in [6.07, 6.45) is 0.455. The molecule has 0 saturated carbocycles. The van der Waals surface area contributed by atoms with Crippen LogP contribution < -0.4 is 18.9 Å². The van der Waals surface area contributed by atoms with E-state index >= 15 is 0 Å². The highest BCUT2D eigenvalue weighted by Crippen LogP contribution is 2.60. The van der Waals surface area contributed by atoms with Gasteiger partial charge in [-0.2, -0.15) is 0 Å². The summed E-state index contributed by atoms with van der Waals surface area (Å²) in [5.41, 5.74) is 5.70. The van der Waals surface area contributed by atoms with Crippen LogP contribution in [0.15, 0.2) is 84.9 Å². The van der Waals surface area contributed by atoms with E-state index in [1.807, 2.05) is 24.3 Å². The first-order valence-corrected chi connectivity index (χ1v) is 15.7. The van der Waals surface area contributed by atoms with Crippen molar-refractivity contribution in [3.8, 4) is 34.1 Å². The van der Waals surface area contributed by atoms with Gasteiger partial charge in [-0.3, -0.25) is 0 Å². The number of fused-ring (bicyclic) bond motifs is 3. The Bertz CT molecular complexity index is 1590. The molecular formula is C37H34O8. The fourth-order valence-corrected chi connectivity index (χ4v) is 6.40. The van der Waals surface area contributed by atoms with Crippen LogP contribution in [0, 0.1) is 0 Å². The van der Waals surface area contributed by atoms with Crippen LogP contribution in [-0.2, 0) is 24.4 Å². The molecule has 4 aromatic carbocycles. The van der Waals surface area contributed by atoms with Crippen molar-refractivity contribution in [2.75, 3.05) is 52.9 Å². The molecule has 8 nitrogen and oxygen atoms in total. The molecule has 45 heavy (non-hydrogen) atoms. The number of ether oxygens (including phenoxy) is 8. The Morgan fingerprint density at radius 2 is 0.844 bits per heavy atom. The molecule has 0 amide bonds. The fraction of sp³-hybridized carbons (Fsp3) is 0.351. The molecule has 0 radical (unpaired) electrons. The number of epoxide rings is 4. The van der Waals surface area contributed by atoms with Gasteiger partial charge < -0.3 is 37.9 Å². The molecule has 4 aromatic rings. The highest BCUT2D eigenvalue weighted by molar-refractivity contribution is 5.88. The minimum atomic E-state index is -0.822. The highest BCUT2D eigenvalue weighted by Gasteiger charge is 2.50. The van der Waals surface area contributed by atoms with Crippen LogP contribution >= 0.6 is 0 Å². The van der Waals surface area contributed by atoms with E-state index in [9.17, 15) is 0 Å². The van der Waals surface area contributed by atoms with Gasteiger partial charge in [-0.05, 0) is 58.7 Å². The maximum absolute atomic E-state index is 6.59. The molecular weight excluding hydrogens is 572 g/mol. The average Bonchev–Trinajstić information content (AvgIpc) is 3.88. The van der Waals surface area contributed by atoms with Crippen molar-refractivity contribution < 1.29 is 37.9 Å². The monoisotopic (exact) mass is 606 g/mol. The summed E-state index contributed by atoms with van der Waals surface area (Å²) in [6, 6.07) is 29.5. The molecule has 5 aliphatic rings. The SMILES string of the molecule is c1ccc2c(c1)-c1ccccc1C2(c1cc(OCC2CO2)ccc1OCC1CO1)c1cc(OCC2CO2)ccc1OCC1CO1. The third-order valence-corrected chi connectivity index (χ3v) is 8.99. The van der Waals surface area contributed by atoms with E-state index in [0.29, 0.717) is 39.6 Å². The van der Waals surface area contributed by atoms with Gasteiger partial charge in [-0.25, -0.2) is 0 Å². The second kappa shape index (κ2) is 11.1. The molecule has 0 bridgehead atoms. The van der Waals surface area contributed by atoms with E-state index in [4.69, 9.17) is 37.9 Å². The zero-order chi connectivity index (χ0) is 29.8. The Morgan fingerprint density at radius 3 is 1.24 bits per heavy atom. The molecule has 4 atom stereocenters. The van der Waals surface area contributed by atoms with Crippen LogP contribution in [0.3, 0.4) is 0 Å². The molecule has 9 rings (SSSR count). The molecule has 4 unspecified atom stereocenters. The molecule has 0 aromatic heterocycles. The van der Waals surface area contributed by atoms with Gasteiger partial charge >= 0.3 is 0 Å². The summed E-state index contributed by atoms with van der Waals surface area (Å²) in [4.78, 5) is 0. The van der Waals surface area contributed by atoms with Crippen LogP contribution in [0.25, 0.3) is 11.1 Å². The highest BCUT2D eigenvalue weighted by atomic mass is 16.6. The lowest BCUT2D eigenvalue weighted by Crippen LogP contribution is -2.31. The summed E-state index contributed by atoms with van der Waals surface area (Å²) in [5.74, 6) is 3.04. The first-order chi connectivity index (χ1) is 22.3. The molecule has 0 N–H and O–H groups in total. The predicted molar refractivity (Wildman–Crippen MR) is 165 cm³/mol. The molecule has 1 aliphatic carbocycles. The van der Waals surface area contributed by atoms with Crippen LogP contribution in [0.5, 0.6) is 23.0 Å². The zero-order valence-electron chi connectivity index (χ0n) is 24.8. The Balaban J connectivity index is 1.28. The molecule has 8 heteroatoms. The van der Waals surface area contributed by atoms with Crippen molar-refractivity contribution in [3.63, 3.8) is 0 Å². The first kappa shape index (κ1) is 27.2. The Kier molecular flexibility index (Phi) is 6.70. The largest absolute Gasteiger partial charge is 0.491 e. The summed E-state index contributed by atoms with van der Waals surface area (Å²) in [7, 11) is 0. The third kappa shape index (κ3) is 5.32. The van der Waals surface area contributed by atoms with E-state index in [0.717, 1.165) is 69.6 Å². The van der Waals surface area contributed by atoms with Gasteiger partial charge in [-0.1, -0.05) is 48.5 Å². The minimum Gasteiger partial charge on any atom is -0.491 e. The summed E-state index contributed by atoms with van der Waals surface area (Å²) in [5, 5.41) is 0. The summed E-state index contributed by atoms with van der Waals surface area (Å²) >= 11 is 0. The Labute approximate surface area is 261 Å². The second-order valence-electron chi connectivity index (χ2n) is 12.2. The standard InChI is InChI=1S/C37H34O8/c1-3-7-31-29(5-1)30-6-2-4-8-32(30)37(31,33-13-23(38-15-25-17-40-25)9-11-35(33)44-21-27-19-42-27)34-14-24(39-16-26-18-41-26)10-12-36(34)45-22-28-20-43-28/h1-14,25-28H,15-22H2. The average molecular weight is 607 g/mol. The van der Waals surface area contributed by atoms with E-state index in [2.05, 4.69) is 60.7 Å². The number of hydrogen-bond acceptors (Lipinski definition) is 8. The maximum Gasteiger partial charge on any atom is 0.124 e. The maximum atomic E-state index is 6.59. The summed E-state index contributed by atoms with van der Waals surface area (Å²) < 4.78 is 47.8. The second-order valence-corrected chi connectivity index (χ2v) is 12.2. The van der Waals surface area contributed by atoms with Gasteiger partial charge in [0.25, 0.3) is 0 Å². The normalized spacial score (nSPS) is 24.3. The topological polar surface area (TPSA) is 87.0 Å². The van der Waals surface area contributed by atoms with Crippen molar-refractivity contribution in [1.82, 2.24) is 0 Å². The number of rotatable bonds is 14. The Hall–Kier alpha value is -4.08. The van der Waals surface area contributed by atoms with Gasteiger partial charge in [0.2, 0.25) is 0 Å². The molecule has 4 saturated heterocycles. The molecule has 230 valence electrons. The Morgan fingerprint density at radius 1 is 0.467 bits per heavy atom. The van der Waals surface area contributed by atoms with E-state index in [1.165, 1.54) is 0 Å². The van der Waals surface area contributed by atoms with Gasteiger partial charge in [-0.15, -0.1) is 0 Å². The smallest absolute Gasteiger partial charge is 0.124 e. The number of benzene rings is 4. The molecule has 0 spiro atoms. The zero-order valence-corrected chi connectivity index (χ0v) is 24.8. The van der Waals surface area contributed by atoms with Crippen molar-refractivity contribution >= 4 is 0 Å². The van der Waals surface area contributed by atoms with Crippen molar-refractivity contribution in [1.29, 1.82) is 0 Å². The fourth-order valence-electron chi connectivity index (χ4n) is 6.40. The van der Waals surface area contributed by atoms with Crippen LogP contribution in [0.2, 0.25) is 0 Å². The van der Waals surface area contributed by atoms with Crippen molar-refractivity contribution in [3.05, 3.63) is 107 Å². The predicted octanol–water partition coefficient (Wildman–Crippen LogP) is 5.16. The van der Waals surface area contributed by atoms with Crippen LogP contribution in [0.1, 0.15) is 22.3 Å². The van der Waals surface area contributed by atoms with Gasteiger partial charge in [0.05, 0.1) is 31.8 Å². The van der Waals surface area contributed by atoms with Crippen LogP contribution in [-0.4, -0.2) is 77.3 Å².